The number of hydrogen-bond donors (Lipinski definition) is 0. The van der Waals surface area contributed by atoms with Gasteiger partial charge in [0.15, 0.2) is 0 Å². The van der Waals surface area contributed by atoms with Crippen molar-refractivity contribution in [2.75, 3.05) is 0 Å². The molecule has 0 heterocycles. The van der Waals surface area contributed by atoms with E-state index in [4.69, 9.17) is 0 Å². The molecule has 0 fully saturated rings. The largest absolute Gasteiger partial charge is 0.0713 e. The van der Waals surface area contributed by atoms with E-state index in [-0.39, 0.29) is 0 Å². The monoisotopic (exact) mass is 188 g/mol. The van der Waals surface area contributed by atoms with Crippen molar-refractivity contribution in [1.82, 2.24) is 0 Å². The maximum Gasteiger partial charge on any atom is -0.00863 e. The van der Waals surface area contributed by atoms with Crippen molar-refractivity contribution in [3.8, 4) is 0 Å². The minimum absolute atomic E-state index is 0.771. The highest BCUT2D eigenvalue weighted by Crippen LogP contribution is 2.30. The quantitative estimate of drug-likeness (QED) is 0.548. The maximum absolute atomic E-state index is 3.52. The topological polar surface area (TPSA) is 0 Å². The van der Waals surface area contributed by atoms with Gasteiger partial charge in [0.1, 0.15) is 0 Å². The van der Waals surface area contributed by atoms with E-state index in [2.05, 4.69) is 35.9 Å². The fraction of sp³-hybridized carbons (Fsp3) is 0.750. The predicted octanol–water partition coefficient (Wildman–Crippen LogP) is 3.33. The van der Waals surface area contributed by atoms with Gasteiger partial charge in [-0.05, 0) is 29.2 Å². The molecule has 0 saturated carbocycles. The van der Waals surface area contributed by atoms with E-state index in [9.17, 15) is 0 Å². The molecule has 1 heteroatoms. The molecule has 9 heavy (non-hydrogen) atoms. The van der Waals surface area contributed by atoms with Gasteiger partial charge in [-0.2, -0.15) is 0 Å². The summed E-state index contributed by atoms with van der Waals surface area (Å²) in [6.07, 6.45) is 4.91. The Balaban J connectivity index is 2.58. The van der Waals surface area contributed by atoms with Gasteiger partial charge >= 0.3 is 0 Å². The molecular formula is C8H13Br. The molecule has 0 bridgehead atoms. The summed E-state index contributed by atoms with van der Waals surface area (Å²) in [5, 5.41) is 0. The Labute approximate surface area is 65.5 Å². The van der Waals surface area contributed by atoms with Crippen molar-refractivity contribution in [3.63, 3.8) is 0 Å². The summed E-state index contributed by atoms with van der Waals surface area (Å²) < 4.78 is 1.40. The highest BCUT2D eigenvalue weighted by atomic mass is 79.9. The highest BCUT2D eigenvalue weighted by Gasteiger charge is 2.14. The molecule has 0 aliphatic heterocycles. The Hall–Kier alpha value is 0.220. The van der Waals surface area contributed by atoms with Gasteiger partial charge < -0.3 is 0 Å². The zero-order valence-corrected chi connectivity index (χ0v) is 7.61. The van der Waals surface area contributed by atoms with E-state index < -0.39 is 0 Å². The molecule has 1 aliphatic rings. The normalized spacial score (nSPS) is 36.1. The fourth-order valence-corrected chi connectivity index (χ4v) is 1.81. The number of hydrogen-bond acceptors (Lipinski definition) is 0. The lowest BCUT2D eigenvalue weighted by Crippen LogP contribution is -2.09. The third kappa shape index (κ3) is 1.82. The average molecular weight is 189 g/mol. The van der Waals surface area contributed by atoms with Crippen LogP contribution in [-0.4, -0.2) is 0 Å². The first-order valence-electron chi connectivity index (χ1n) is 3.56. The van der Waals surface area contributed by atoms with Crippen LogP contribution in [0, 0.1) is 11.8 Å². The lowest BCUT2D eigenvalue weighted by molar-refractivity contribution is 0.411. The zero-order valence-electron chi connectivity index (χ0n) is 6.02. The molecule has 0 aromatic heterocycles. The Morgan fingerprint density at radius 2 is 2.22 bits per heavy atom. The molecule has 0 aromatic carbocycles. The second-order valence-electron chi connectivity index (χ2n) is 2.99. The van der Waals surface area contributed by atoms with Crippen LogP contribution in [0.15, 0.2) is 10.6 Å². The lowest BCUT2D eigenvalue weighted by Gasteiger charge is -2.21. The van der Waals surface area contributed by atoms with E-state index in [0.29, 0.717) is 0 Å². The van der Waals surface area contributed by atoms with Crippen LogP contribution in [0.5, 0.6) is 0 Å². The van der Waals surface area contributed by atoms with Crippen molar-refractivity contribution in [2.45, 2.75) is 26.7 Å². The molecule has 2 atom stereocenters. The molecule has 0 radical (unpaired) electrons. The van der Waals surface area contributed by atoms with Gasteiger partial charge in [-0.25, -0.2) is 0 Å². The van der Waals surface area contributed by atoms with E-state index in [1.807, 2.05) is 0 Å². The van der Waals surface area contributed by atoms with Crippen LogP contribution in [0.3, 0.4) is 0 Å². The molecule has 52 valence electrons. The van der Waals surface area contributed by atoms with Crippen LogP contribution in [0.4, 0.5) is 0 Å². The van der Waals surface area contributed by atoms with Gasteiger partial charge in [-0.15, -0.1) is 0 Å². The van der Waals surface area contributed by atoms with Crippen molar-refractivity contribution >= 4 is 15.9 Å². The molecular weight excluding hydrogens is 176 g/mol. The SMILES string of the molecule is CC1C=C(Br)CCC1C. The fourth-order valence-electron chi connectivity index (χ4n) is 1.16. The molecule has 2 unspecified atom stereocenters. The van der Waals surface area contributed by atoms with Crippen molar-refractivity contribution < 1.29 is 0 Å². The number of halogens is 1. The predicted molar refractivity (Wildman–Crippen MR) is 44.6 cm³/mol. The summed E-state index contributed by atoms with van der Waals surface area (Å²) in [5.41, 5.74) is 0. The molecule has 0 amide bonds. The van der Waals surface area contributed by atoms with Gasteiger partial charge in [0, 0.05) is 0 Å². The Morgan fingerprint density at radius 3 is 2.67 bits per heavy atom. The lowest BCUT2D eigenvalue weighted by atomic mass is 9.87. The van der Waals surface area contributed by atoms with E-state index in [1.54, 1.807) is 0 Å². The Kier molecular flexibility index (Phi) is 2.34. The highest BCUT2D eigenvalue weighted by molar-refractivity contribution is 9.11. The third-order valence-electron chi connectivity index (χ3n) is 2.18. The molecule has 0 saturated heterocycles. The van der Waals surface area contributed by atoms with Gasteiger partial charge in [-0.1, -0.05) is 35.9 Å². The van der Waals surface area contributed by atoms with Crippen molar-refractivity contribution in [2.24, 2.45) is 11.8 Å². The summed E-state index contributed by atoms with van der Waals surface area (Å²) in [5.74, 6) is 1.65. The molecule has 0 aromatic rings. The first-order valence-corrected chi connectivity index (χ1v) is 4.35. The molecule has 1 rings (SSSR count). The van der Waals surface area contributed by atoms with Gasteiger partial charge in [0.2, 0.25) is 0 Å². The number of rotatable bonds is 0. The van der Waals surface area contributed by atoms with Gasteiger partial charge in [-0.3, -0.25) is 0 Å². The average Bonchev–Trinajstić information content (AvgIpc) is 1.80. The van der Waals surface area contributed by atoms with Crippen molar-refractivity contribution in [3.05, 3.63) is 10.6 Å². The summed E-state index contributed by atoms with van der Waals surface area (Å²) in [6, 6.07) is 0. The van der Waals surface area contributed by atoms with Gasteiger partial charge in [0.25, 0.3) is 0 Å². The minimum atomic E-state index is 0.771. The van der Waals surface area contributed by atoms with Crippen LogP contribution in [0.25, 0.3) is 0 Å². The summed E-state index contributed by atoms with van der Waals surface area (Å²) >= 11 is 3.52. The third-order valence-corrected chi connectivity index (χ3v) is 2.84. The van der Waals surface area contributed by atoms with Crippen LogP contribution in [0.1, 0.15) is 26.7 Å². The zero-order chi connectivity index (χ0) is 6.85. The first-order chi connectivity index (χ1) is 4.20. The second-order valence-corrected chi connectivity index (χ2v) is 4.01. The van der Waals surface area contributed by atoms with Crippen LogP contribution in [-0.2, 0) is 0 Å². The number of allylic oxidation sites excluding steroid dienone is 2. The Bertz CT molecular complexity index is 127. The standard InChI is InChI=1S/C8H13Br/c1-6-3-4-8(9)5-7(6)2/h5-7H,3-4H2,1-2H3. The van der Waals surface area contributed by atoms with E-state index >= 15 is 0 Å². The first kappa shape index (κ1) is 7.33. The second kappa shape index (κ2) is 2.87. The molecule has 0 nitrogen and oxygen atoms in total. The smallest absolute Gasteiger partial charge is 0.00863 e. The van der Waals surface area contributed by atoms with E-state index in [1.165, 1.54) is 17.3 Å². The van der Waals surface area contributed by atoms with Gasteiger partial charge in [0.05, 0.1) is 0 Å². The minimum Gasteiger partial charge on any atom is -0.0713 e. The molecule has 0 spiro atoms. The molecule has 0 N–H and O–H groups in total. The van der Waals surface area contributed by atoms with Crippen LogP contribution >= 0.6 is 15.9 Å². The maximum atomic E-state index is 3.52. The summed E-state index contributed by atoms with van der Waals surface area (Å²) in [7, 11) is 0. The summed E-state index contributed by atoms with van der Waals surface area (Å²) in [4.78, 5) is 0. The van der Waals surface area contributed by atoms with Crippen LogP contribution in [0.2, 0.25) is 0 Å². The Morgan fingerprint density at radius 1 is 1.56 bits per heavy atom. The van der Waals surface area contributed by atoms with Crippen molar-refractivity contribution in [1.29, 1.82) is 0 Å². The van der Waals surface area contributed by atoms with Crippen LogP contribution < -0.4 is 0 Å². The van der Waals surface area contributed by atoms with E-state index in [0.717, 1.165) is 11.8 Å². The molecule has 1 aliphatic carbocycles. The summed E-state index contributed by atoms with van der Waals surface area (Å²) in [6.45, 7) is 4.60.